The number of piperidine rings is 1. The summed E-state index contributed by atoms with van der Waals surface area (Å²) in [7, 11) is 0. The lowest BCUT2D eigenvalue weighted by molar-refractivity contribution is -0.135. The van der Waals surface area contributed by atoms with Crippen molar-refractivity contribution in [2.24, 2.45) is 0 Å². The van der Waals surface area contributed by atoms with Crippen LogP contribution in [-0.2, 0) is 9.53 Å². The summed E-state index contributed by atoms with van der Waals surface area (Å²) in [6, 6.07) is 8.32. The number of nitrogens with one attached hydrogen (secondary N) is 1. The van der Waals surface area contributed by atoms with Crippen molar-refractivity contribution < 1.29 is 19.4 Å². The Hall–Kier alpha value is -2.08. The van der Waals surface area contributed by atoms with Crippen molar-refractivity contribution in [3.63, 3.8) is 0 Å². The number of likely N-dealkylation sites (tertiary alicyclic amines) is 1. The molecule has 24 heavy (non-hydrogen) atoms. The van der Waals surface area contributed by atoms with Gasteiger partial charge in [-0.15, -0.1) is 0 Å². The highest BCUT2D eigenvalue weighted by Gasteiger charge is 2.31. The van der Waals surface area contributed by atoms with Gasteiger partial charge in [0.25, 0.3) is 0 Å². The second-order valence-corrected chi connectivity index (χ2v) is 7.05. The van der Waals surface area contributed by atoms with Gasteiger partial charge in [-0.25, -0.2) is 4.79 Å². The third-order valence-electron chi connectivity index (χ3n) is 3.82. The molecule has 2 amide bonds. The Balaban J connectivity index is 2.14. The molecule has 0 aliphatic carbocycles. The van der Waals surface area contributed by atoms with E-state index in [1.54, 1.807) is 37.8 Å². The molecule has 6 nitrogen and oxygen atoms in total. The monoisotopic (exact) mass is 334 g/mol. The van der Waals surface area contributed by atoms with Crippen LogP contribution in [0.3, 0.4) is 0 Å². The van der Waals surface area contributed by atoms with E-state index in [1.165, 1.54) is 0 Å². The summed E-state index contributed by atoms with van der Waals surface area (Å²) in [5.41, 5.74) is 0.0725. The van der Waals surface area contributed by atoms with Gasteiger partial charge in [-0.05, 0) is 39.2 Å². The number of rotatable bonds is 3. The highest BCUT2D eigenvalue weighted by molar-refractivity contribution is 5.87. The van der Waals surface area contributed by atoms with Crippen LogP contribution >= 0.6 is 0 Å². The maximum Gasteiger partial charge on any atom is 0.408 e. The highest BCUT2D eigenvalue weighted by Crippen LogP contribution is 2.20. The van der Waals surface area contributed by atoms with E-state index in [0.29, 0.717) is 31.5 Å². The van der Waals surface area contributed by atoms with Crippen molar-refractivity contribution in [1.82, 2.24) is 10.2 Å². The molecule has 1 aromatic carbocycles. The molecule has 1 saturated heterocycles. The van der Waals surface area contributed by atoms with Gasteiger partial charge in [-0.2, -0.15) is 0 Å². The van der Waals surface area contributed by atoms with Crippen molar-refractivity contribution in [2.75, 3.05) is 13.1 Å². The molecular formula is C18H26N2O4. The van der Waals surface area contributed by atoms with Gasteiger partial charge >= 0.3 is 6.09 Å². The van der Waals surface area contributed by atoms with E-state index in [-0.39, 0.29) is 12.0 Å². The number of alkyl carbamates (subject to hydrolysis) is 1. The molecule has 0 unspecified atom stereocenters. The predicted molar refractivity (Wildman–Crippen MR) is 90.4 cm³/mol. The van der Waals surface area contributed by atoms with Crippen molar-refractivity contribution in [1.29, 1.82) is 0 Å². The summed E-state index contributed by atoms with van der Waals surface area (Å²) >= 11 is 0. The van der Waals surface area contributed by atoms with Gasteiger partial charge in [0.05, 0.1) is 6.10 Å². The summed E-state index contributed by atoms with van der Waals surface area (Å²) in [4.78, 5) is 26.7. The van der Waals surface area contributed by atoms with Gasteiger partial charge in [0.1, 0.15) is 11.6 Å². The average Bonchev–Trinajstić information content (AvgIpc) is 2.52. The first-order valence-corrected chi connectivity index (χ1v) is 8.27. The van der Waals surface area contributed by atoms with Gasteiger partial charge in [0.15, 0.2) is 0 Å². The van der Waals surface area contributed by atoms with Crippen molar-refractivity contribution in [2.45, 2.75) is 51.4 Å². The molecule has 2 N–H and O–H groups in total. The average molecular weight is 334 g/mol. The molecule has 1 heterocycles. The summed E-state index contributed by atoms with van der Waals surface area (Å²) in [6.07, 6.45) is 0.129. The Kier molecular flexibility index (Phi) is 5.83. The van der Waals surface area contributed by atoms with Crippen LogP contribution in [0.2, 0.25) is 0 Å². The Morgan fingerprint density at radius 3 is 2.33 bits per heavy atom. The Morgan fingerprint density at radius 2 is 1.79 bits per heavy atom. The molecule has 1 aliphatic rings. The first-order chi connectivity index (χ1) is 11.3. The molecule has 0 saturated carbocycles. The second kappa shape index (κ2) is 7.66. The van der Waals surface area contributed by atoms with Gasteiger partial charge in [0.2, 0.25) is 5.91 Å². The molecule has 1 aromatic rings. The number of benzene rings is 1. The van der Waals surface area contributed by atoms with E-state index in [2.05, 4.69) is 5.32 Å². The second-order valence-electron chi connectivity index (χ2n) is 7.05. The number of ether oxygens (including phenoxy) is 1. The normalized spacial score (nSPS) is 17.2. The molecule has 132 valence electrons. The Morgan fingerprint density at radius 1 is 1.21 bits per heavy atom. The largest absolute Gasteiger partial charge is 0.444 e. The summed E-state index contributed by atoms with van der Waals surface area (Å²) in [5, 5.41) is 12.3. The molecule has 1 atom stereocenters. The summed E-state index contributed by atoms with van der Waals surface area (Å²) < 4.78 is 5.28. The van der Waals surface area contributed by atoms with E-state index in [0.717, 1.165) is 0 Å². The molecule has 0 bridgehead atoms. The van der Waals surface area contributed by atoms with Gasteiger partial charge in [-0.1, -0.05) is 30.3 Å². The van der Waals surface area contributed by atoms with Crippen LogP contribution in [0, 0.1) is 0 Å². The maximum atomic E-state index is 12.9. The molecule has 1 aliphatic heterocycles. The van der Waals surface area contributed by atoms with Crippen LogP contribution in [0.25, 0.3) is 0 Å². The minimum atomic E-state index is -0.795. The maximum absolute atomic E-state index is 12.9. The zero-order chi connectivity index (χ0) is 17.7. The van der Waals surface area contributed by atoms with E-state index >= 15 is 0 Å². The van der Waals surface area contributed by atoms with E-state index < -0.39 is 17.7 Å². The standard InChI is InChI=1S/C18H26N2O4/c1-18(2,3)24-17(23)19-15(13-7-5-4-6-8-13)16(22)20-11-9-14(21)10-12-20/h4-8,14-15,21H,9-12H2,1-3H3,(H,19,23)/t15-/m1/s1. The number of carbonyl (C=O) groups is 2. The smallest absolute Gasteiger partial charge is 0.408 e. The molecule has 0 aromatic heterocycles. The molecule has 1 fully saturated rings. The quantitative estimate of drug-likeness (QED) is 0.888. The molecular weight excluding hydrogens is 308 g/mol. The molecule has 2 rings (SSSR count). The Labute approximate surface area is 142 Å². The number of carbonyl (C=O) groups excluding carboxylic acids is 2. The number of hydrogen-bond donors (Lipinski definition) is 2. The summed E-state index contributed by atoms with van der Waals surface area (Å²) in [5.74, 6) is -0.182. The van der Waals surface area contributed by atoms with Crippen LogP contribution in [0.1, 0.15) is 45.2 Å². The number of aliphatic hydroxyl groups is 1. The number of amides is 2. The van der Waals surface area contributed by atoms with Crippen molar-refractivity contribution >= 4 is 12.0 Å². The van der Waals surface area contributed by atoms with E-state index in [1.807, 2.05) is 18.2 Å². The number of hydrogen-bond acceptors (Lipinski definition) is 4. The van der Waals surface area contributed by atoms with E-state index in [4.69, 9.17) is 4.74 Å². The number of nitrogens with zero attached hydrogens (tertiary/aromatic N) is 1. The minimum absolute atomic E-state index is 0.182. The first-order valence-electron chi connectivity index (χ1n) is 8.27. The third-order valence-corrected chi connectivity index (χ3v) is 3.82. The lowest BCUT2D eigenvalue weighted by Crippen LogP contribution is -2.47. The third kappa shape index (κ3) is 5.23. The predicted octanol–water partition coefficient (Wildman–Crippen LogP) is 2.24. The zero-order valence-corrected chi connectivity index (χ0v) is 14.5. The fourth-order valence-corrected chi connectivity index (χ4v) is 2.63. The van der Waals surface area contributed by atoms with Crippen LogP contribution in [0.15, 0.2) is 30.3 Å². The van der Waals surface area contributed by atoms with Gasteiger partial charge in [0, 0.05) is 13.1 Å². The SMILES string of the molecule is CC(C)(C)OC(=O)N[C@@H](C(=O)N1CCC(O)CC1)c1ccccc1. The molecule has 6 heteroatoms. The van der Waals surface area contributed by atoms with Gasteiger partial charge < -0.3 is 20.1 Å². The highest BCUT2D eigenvalue weighted by atomic mass is 16.6. The molecule has 0 radical (unpaired) electrons. The first kappa shape index (κ1) is 18.3. The fraction of sp³-hybridized carbons (Fsp3) is 0.556. The van der Waals surface area contributed by atoms with Crippen LogP contribution in [-0.4, -0.2) is 46.8 Å². The van der Waals surface area contributed by atoms with Crippen molar-refractivity contribution in [3.8, 4) is 0 Å². The molecule has 0 spiro atoms. The lowest BCUT2D eigenvalue weighted by atomic mass is 10.0. The van der Waals surface area contributed by atoms with Crippen LogP contribution in [0.5, 0.6) is 0 Å². The van der Waals surface area contributed by atoms with Crippen molar-refractivity contribution in [3.05, 3.63) is 35.9 Å². The summed E-state index contributed by atoms with van der Waals surface area (Å²) in [6.45, 7) is 6.30. The Bertz CT molecular complexity index is 560. The number of aliphatic hydroxyl groups excluding tert-OH is 1. The lowest BCUT2D eigenvalue weighted by Gasteiger charge is -2.33. The van der Waals surface area contributed by atoms with E-state index in [9.17, 15) is 14.7 Å². The zero-order valence-electron chi connectivity index (χ0n) is 14.5. The fourth-order valence-electron chi connectivity index (χ4n) is 2.63. The minimum Gasteiger partial charge on any atom is -0.444 e. The topological polar surface area (TPSA) is 78.9 Å². The van der Waals surface area contributed by atoms with Gasteiger partial charge in [-0.3, -0.25) is 4.79 Å². The van der Waals surface area contributed by atoms with Crippen LogP contribution < -0.4 is 5.32 Å². The van der Waals surface area contributed by atoms with Crippen LogP contribution in [0.4, 0.5) is 4.79 Å².